The maximum atomic E-state index is 13.1. The Morgan fingerprint density at radius 2 is 1.71 bits per heavy atom. The molecule has 3 aromatic rings. The Hall–Kier alpha value is -3.25. The van der Waals surface area contributed by atoms with E-state index in [4.69, 9.17) is 4.42 Å². The van der Waals surface area contributed by atoms with Crippen molar-refractivity contribution < 1.29 is 13.7 Å². The SMILES string of the molecule is O=[N+]([O-])c1ccc(-c2ccc(CN3CC=C(c4ccc(F)cc4)CC3)o2)cc1. The molecule has 2 aromatic carbocycles. The van der Waals surface area contributed by atoms with Crippen LogP contribution in [0.2, 0.25) is 0 Å². The van der Waals surface area contributed by atoms with E-state index in [-0.39, 0.29) is 11.5 Å². The summed E-state index contributed by atoms with van der Waals surface area (Å²) in [7, 11) is 0. The van der Waals surface area contributed by atoms with E-state index in [9.17, 15) is 14.5 Å². The third-order valence-electron chi connectivity index (χ3n) is 4.91. The molecule has 0 amide bonds. The Morgan fingerprint density at radius 3 is 2.36 bits per heavy atom. The van der Waals surface area contributed by atoms with Gasteiger partial charge >= 0.3 is 0 Å². The Kier molecular flexibility index (Phi) is 5.04. The number of furan rings is 1. The van der Waals surface area contributed by atoms with Crippen LogP contribution in [0.15, 0.2) is 71.2 Å². The standard InChI is InChI=1S/C22H19FN2O3/c23-19-5-1-16(2-6-19)17-11-13-24(14-12-17)15-21-9-10-22(28-21)18-3-7-20(8-4-18)25(26)27/h1-11H,12-15H2. The van der Waals surface area contributed by atoms with E-state index >= 15 is 0 Å². The van der Waals surface area contributed by atoms with Gasteiger partial charge in [0.1, 0.15) is 17.3 Å². The first-order valence-electron chi connectivity index (χ1n) is 9.09. The molecule has 6 heteroatoms. The summed E-state index contributed by atoms with van der Waals surface area (Å²) in [6, 6.07) is 16.8. The summed E-state index contributed by atoms with van der Waals surface area (Å²) < 4.78 is 19.0. The molecule has 1 aliphatic heterocycles. The molecule has 28 heavy (non-hydrogen) atoms. The number of hydrogen-bond donors (Lipinski definition) is 0. The molecule has 0 aliphatic carbocycles. The van der Waals surface area contributed by atoms with Gasteiger partial charge in [0.15, 0.2) is 0 Å². The fraction of sp³-hybridized carbons (Fsp3) is 0.182. The molecule has 0 bridgehead atoms. The van der Waals surface area contributed by atoms with Gasteiger partial charge in [-0.25, -0.2) is 4.39 Å². The number of nitrogens with zero attached hydrogens (tertiary/aromatic N) is 2. The number of nitro groups is 1. The highest BCUT2D eigenvalue weighted by Crippen LogP contribution is 2.27. The van der Waals surface area contributed by atoms with Crippen LogP contribution in [0.1, 0.15) is 17.7 Å². The number of benzene rings is 2. The maximum Gasteiger partial charge on any atom is 0.269 e. The van der Waals surface area contributed by atoms with E-state index in [0.29, 0.717) is 12.3 Å². The lowest BCUT2D eigenvalue weighted by atomic mass is 9.99. The maximum absolute atomic E-state index is 13.1. The van der Waals surface area contributed by atoms with Crippen molar-refractivity contribution in [2.75, 3.05) is 13.1 Å². The summed E-state index contributed by atoms with van der Waals surface area (Å²) in [5.41, 5.74) is 3.18. The van der Waals surface area contributed by atoms with Crippen molar-refractivity contribution in [2.24, 2.45) is 0 Å². The van der Waals surface area contributed by atoms with Crippen LogP contribution >= 0.6 is 0 Å². The summed E-state index contributed by atoms with van der Waals surface area (Å²) >= 11 is 0. The van der Waals surface area contributed by atoms with E-state index in [1.54, 1.807) is 12.1 Å². The van der Waals surface area contributed by atoms with Crippen molar-refractivity contribution in [3.63, 3.8) is 0 Å². The number of nitro benzene ring substituents is 1. The van der Waals surface area contributed by atoms with Gasteiger partial charge in [0, 0.05) is 30.8 Å². The molecule has 0 spiro atoms. The second kappa shape index (κ2) is 7.78. The molecule has 5 nitrogen and oxygen atoms in total. The zero-order chi connectivity index (χ0) is 19.5. The van der Waals surface area contributed by atoms with Crippen molar-refractivity contribution in [3.8, 4) is 11.3 Å². The largest absolute Gasteiger partial charge is 0.460 e. The van der Waals surface area contributed by atoms with E-state index in [1.807, 2.05) is 24.3 Å². The molecule has 0 N–H and O–H groups in total. The van der Waals surface area contributed by atoms with Crippen LogP contribution < -0.4 is 0 Å². The van der Waals surface area contributed by atoms with Crippen LogP contribution in [-0.2, 0) is 6.54 Å². The van der Waals surface area contributed by atoms with Crippen LogP contribution in [-0.4, -0.2) is 22.9 Å². The van der Waals surface area contributed by atoms with Crippen LogP contribution in [0.25, 0.3) is 16.9 Å². The van der Waals surface area contributed by atoms with E-state index in [2.05, 4.69) is 11.0 Å². The number of non-ortho nitro benzene ring substituents is 1. The van der Waals surface area contributed by atoms with Gasteiger partial charge in [-0.3, -0.25) is 15.0 Å². The summed E-state index contributed by atoms with van der Waals surface area (Å²) in [5.74, 6) is 1.33. The molecule has 0 saturated heterocycles. The Balaban J connectivity index is 1.39. The minimum atomic E-state index is -0.415. The minimum Gasteiger partial charge on any atom is -0.460 e. The monoisotopic (exact) mass is 378 g/mol. The predicted molar refractivity (Wildman–Crippen MR) is 105 cm³/mol. The van der Waals surface area contributed by atoms with Crippen LogP contribution in [0.4, 0.5) is 10.1 Å². The smallest absolute Gasteiger partial charge is 0.269 e. The molecule has 0 atom stereocenters. The molecule has 4 rings (SSSR count). The second-order valence-electron chi connectivity index (χ2n) is 6.79. The third-order valence-corrected chi connectivity index (χ3v) is 4.91. The first kappa shape index (κ1) is 18.1. The lowest BCUT2D eigenvalue weighted by Gasteiger charge is -2.25. The highest BCUT2D eigenvalue weighted by Gasteiger charge is 2.15. The molecule has 0 saturated carbocycles. The zero-order valence-corrected chi connectivity index (χ0v) is 15.2. The first-order valence-corrected chi connectivity index (χ1v) is 9.09. The van der Waals surface area contributed by atoms with E-state index in [1.165, 1.54) is 29.8 Å². The molecule has 1 aromatic heterocycles. The molecular weight excluding hydrogens is 359 g/mol. The number of hydrogen-bond acceptors (Lipinski definition) is 4. The van der Waals surface area contributed by atoms with Crippen molar-refractivity contribution in [1.82, 2.24) is 4.90 Å². The summed E-state index contributed by atoms with van der Waals surface area (Å²) in [6.07, 6.45) is 3.08. The molecule has 1 aliphatic rings. The minimum absolute atomic E-state index is 0.0626. The van der Waals surface area contributed by atoms with Gasteiger partial charge < -0.3 is 4.42 Å². The number of rotatable bonds is 5. The fourth-order valence-corrected chi connectivity index (χ4v) is 3.37. The molecule has 0 radical (unpaired) electrons. The van der Waals surface area contributed by atoms with Gasteiger partial charge in [-0.1, -0.05) is 18.2 Å². The topological polar surface area (TPSA) is 59.5 Å². The molecule has 2 heterocycles. The molecule has 0 fully saturated rings. The Morgan fingerprint density at radius 1 is 1.00 bits per heavy atom. The lowest BCUT2D eigenvalue weighted by Crippen LogP contribution is -2.27. The highest BCUT2D eigenvalue weighted by molar-refractivity contribution is 5.66. The average molecular weight is 378 g/mol. The van der Waals surface area contributed by atoms with E-state index in [0.717, 1.165) is 36.4 Å². The van der Waals surface area contributed by atoms with Gasteiger partial charge in [-0.15, -0.1) is 0 Å². The van der Waals surface area contributed by atoms with Crippen molar-refractivity contribution in [2.45, 2.75) is 13.0 Å². The van der Waals surface area contributed by atoms with Gasteiger partial charge in [0.25, 0.3) is 5.69 Å². The Bertz CT molecular complexity index is 1010. The van der Waals surface area contributed by atoms with Crippen molar-refractivity contribution >= 4 is 11.3 Å². The molecule has 0 unspecified atom stereocenters. The predicted octanol–water partition coefficient (Wildman–Crippen LogP) is 5.28. The van der Waals surface area contributed by atoms with Gasteiger partial charge in [0.05, 0.1) is 11.5 Å². The van der Waals surface area contributed by atoms with Crippen LogP contribution in [0.3, 0.4) is 0 Å². The lowest BCUT2D eigenvalue weighted by molar-refractivity contribution is -0.384. The third kappa shape index (κ3) is 4.02. The van der Waals surface area contributed by atoms with Crippen molar-refractivity contribution in [1.29, 1.82) is 0 Å². The first-order chi connectivity index (χ1) is 13.6. The van der Waals surface area contributed by atoms with Gasteiger partial charge in [0.2, 0.25) is 0 Å². The number of halogens is 1. The fourth-order valence-electron chi connectivity index (χ4n) is 3.37. The molecular formula is C22H19FN2O3. The summed E-state index contributed by atoms with van der Waals surface area (Å²) in [4.78, 5) is 12.6. The van der Waals surface area contributed by atoms with Gasteiger partial charge in [-0.05, 0) is 54.0 Å². The summed E-state index contributed by atoms with van der Waals surface area (Å²) in [5, 5.41) is 10.8. The van der Waals surface area contributed by atoms with Gasteiger partial charge in [-0.2, -0.15) is 0 Å². The Labute approximate surface area is 161 Å². The highest BCUT2D eigenvalue weighted by atomic mass is 19.1. The molecule has 142 valence electrons. The quantitative estimate of drug-likeness (QED) is 0.447. The second-order valence-corrected chi connectivity index (χ2v) is 6.79. The zero-order valence-electron chi connectivity index (χ0n) is 15.2. The van der Waals surface area contributed by atoms with Crippen LogP contribution in [0.5, 0.6) is 0 Å². The summed E-state index contributed by atoms with van der Waals surface area (Å²) in [6.45, 7) is 2.40. The van der Waals surface area contributed by atoms with Crippen molar-refractivity contribution in [3.05, 3.63) is 94.0 Å². The average Bonchev–Trinajstić information content (AvgIpc) is 3.18. The van der Waals surface area contributed by atoms with E-state index < -0.39 is 4.92 Å². The van der Waals surface area contributed by atoms with Crippen LogP contribution in [0, 0.1) is 15.9 Å². The normalized spacial score (nSPS) is 14.7.